The van der Waals surface area contributed by atoms with Gasteiger partial charge in [-0.15, -0.1) is 0 Å². The van der Waals surface area contributed by atoms with Crippen LogP contribution in [0, 0.1) is 0 Å². The molecule has 0 bridgehead atoms. The van der Waals surface area contributed by atoms with Crippen molar-refractivity contribution in [3.63, 3.8) is 0 Å². The molecule has 1 amide bonds. The Morgan fingerprint density at radius 1 is 1.29 bits per heavy atom. The fraction of sp³-hybridized carbons (Fsp3) is 0.125. The number of nitrogens with two attached hydrogens (primary N) is 1. The van der Waals surface area contributed by atoms with Crippen LogP contribution in [0.3, 0.4) is 0 Å². The third-order valence-corrected chi connectivity index (χ3v) is 3.57. The van der Waals surface area contributed by atoms with Gasteiger partial charge in [-0.3, -0.25) is 4.79 Å². The first-order chi connectivity index (χ1) is 11.6. The first-order valence-corrected chi connectivity index (χ1v) is 7.38. The van der Waals surface area contributed by atoms with Crippen LogP contribution in [-0.4, -0.2) is 18.2 Å². The van der Waals surface area contributed by atoms with Gasteiger partial charge in [-0.25, -0.2) is 0 Å². The van der Waals surface area contributed by atoms with E-state index in [0.29, 0.717) is 12.3 Å². The van der Waals surface area contributed by atoms with Gasteiger partial charge in [-0.2, -0.15) is 0 Å². The maximum atomic E-state index is 12.4. The van der Waals surface area contributed by atoms with E-state index < -0.39 is 5.91 Å². The van der Waals surface area contributed by atoms with E-state index in [1.165, 1.54) is 0 Å². The number of aromatic nitrogens is 1. The Morgan fingerprint density at radius 3 is 2.67 bits per heavy atom. The van der Waals surface area contributed by atoms with Crippen LogP contribution in [0.1, 0.15) is 15.9 Å². The van der Waals surface area contributed by atoms with Gasteiger partial charge in [0.15, 0.2) is 16.7 Å². The monoisotopic (exact) mass is 347 g/mol. The van der Waals surface area contributed by atoms with Gasteiger partial charge in [0.25, 0.3) is 5.91 Å². The highest BCUT2D eigenvalue weighted by molar-refractivity contribution is 6.29. The molecule has 124 valence electrons. The van der Waals surface area contributed by atoms with Crippen molar-refractivity contribution >= 4 is 23.4 Å². The Balaban J connectivity index is 1.76. The van der Waals surface area contributed by atoms with E-state index in [9.17, 15) is 4.79 Å². The molecule has 0 fully saturated rings. The van der Waals surface area contributed by atoms with Crippen molar-refractivity contribution in [1.29, 1.82) is 0 Å². The van der Waals surface area contributed by atoms with Gasteiger partial charge in [0.05, 0.1) is 7.11 Å². The van der Waals surface area contributed by atoms with Crippen LogP contribution in [0.25, 0.3) is 11.5 Å². The number of anilines is 1. The zero-order valence-corrected chi connectivity index (χ0v) is 13.5. The summed E-state index contributed by atoms with van der Waals surface area (Å²) in [4.78, 5) is 12.4. The highest BCUT2D eigenvalue weighted by atomic mass is 35.5. The number of nitrogens with one attached hydrogen (secondary N) is 1. The smallest absolute Gasteiger partial charge is 0.259 e. The molecule has 0 aliphatic heterocycles. The van der Waals surface area contributed by atoms with Crippen LogP contribution >= 0.6 is 11.6 Å². The second-order valence-corrected chi connectivity index (χ2v) is 5.28. The second-order valence-electron chi connectivity index (χ2n) is 4.90. The minimum Gasteiger partial charge on any atom is -0.497 e. The quantitative estimate of drug-likeness (QED) is 0.735. The van der Waals surface area contributed by atoms with Crippen LogP contribution in [0.5, 0.6) is 5.75 Å². The average molecular weight is 348 g/mol. The summed E-state index contributed by atoms with van der Waals surface area (Å²) in [5.41, 5.74) is 6.92. The van der Waals surface area contributed by atoms with Crippen molar-refractivity contribution in [3.05, 3.63) is 52.7 Å². The van der Waals surface area contributed by atoms with Crippen LogP contribution in [0.15, 0.2) is 45.3 Å². The lowest BCUT2D eigenvalue weighted by Crippen LogP contribution is -2.23. The number of carbonyl (C=O) groups excluding carboxylic acids is 1. The van der Waals surface area contributed by atoms with Crippen molar-refractivity contribution in [1.82, 2.24) is 10.5 Å². The molecule has 3 rings (SSSR count). The van der Waals surface area contributed by atoms with Crippen LogP contribution < -0.4 is 15.8 Å². The normalized spacial score (nSPS) is 10.6. The van der Waals surface area contributed by atoms with E-state index in [-0.39, 0.29) is 22.4 Å². The molecule has 3 aromatic rings. The molecule has 1 aromatic carbocycles. The number of amides is 1. The molecule has 0 atom stereocenters. The summed E-state index contributed by atoms with van der Waals surface area (Å²) >= 11 is 5.75. The largest absolute Gasteiger partial charge is 0.497 e. The molecular formula is C16H14ClN3O4. The molecular weight excluding hydrogens is 334 g/mol. The van der Waals surface area contributed by atoms with E-state index in [1.54, 1.807) is 19.2 Å². The first kappa shape index (κ1) is 15.9. The molecule has 24 heavy (non-hydrogen) atoms. The number of furan rings is 1. The van der Waals surface area contributed by atoms with Crippen molar-refractivity contribution in [2.45, 2.75) is 6.54 Å². The minimum absolute atomic E-state index is 0.0928. The van der Waals surface area contributed by atoms with Crippen LogP contribution in [0.2, 0.25) is 5.22 Å². The predicted octanol–water partition coefficient (Wildman–Crippen LogP) is 3.11. The summed E-state index contributed by atoms with van der Waals surface area (Å²) in [5, 5.41) is 6.71. The third-order valence-electron chi connectivity index (χ3n) is 3.36. The van der Waals surface area contributed by atoms with Crippen molar-refractivity contribution < 1.29 is 18.5 Å². The maximum Gasteiger partial charge on any atom is 0.259 e. The zero-order chi connectivity index (χ0) is 17.1. The minimum atomic E-state index is -0.424. The number of halogens is 1. The number of benzene rings is 1. The summed E-state index contributed by atoms with van der Waals surface area (Å²) in [7, 11) is 1.59. The number of hydrogen-bond acceptors (Lipinski definition) is 6. The number of hydrogen-bond donors (Lipinski definition) is 2. The Bertz CT molecular complexity index is 855. The summed E-state index contributed by atoms with van der Waals surface area (Å²) in [6, 6.07) is 10.4. The molecule has 2 heterocycles. The molecule has 0 aliphatic rings. The van der Waals surface area contributed by atoms with Crippen molar-refractivity contribution in [2.24, 2.45) is 0 Å². The highest BCUT2D eigenvalue weighted by Gasteiger charge is 2.24. The lowest BCUT2D eigenvalue weighted by Gasteiger charge is -2.06. The highest BCUT2D eigenvalue weighted by Crippen LogP contribution is 2.30. The topological polar surface area (TPSA) is 104 Å². The molecule has 0 saturated carbocycles. The van der Waals surface area contributed by atoms with Gasteiger partial charge < -0.3 is 24.7 Å². The summed E-state index contributed by atoms with van der Waals surface area (Å²) < 4.78 is 15.3. The Labute approximate surface area is 142 Å². The maximum absolute atomic E-state index is 12.4. The van der Waals surface area contributed by atoms with Crippen LogP contribution in [-0.2, 0) is 6.54 Å². The van der Waals surface area contributed by atoms with E-state index in [2.05, 4.69) is 10.5 Å². The van der Waals surface area contributed by atoms with Gasteiger partial charge in [0, 0.05) is 6.54 Å². The van der Waals surface area contributed by atoms with Gasteiger partial charge in [0.2, 0.25) is 5.88 Å². The number of rotatable bonds is 5. The first-order valence-electron chi connectivity index (χ1n) is 7.00. The Morgan fingerprint density at radius 2 is 2.04 bits per heavy atom. The van der Waals surface area contributed by atoms with E-state index >= 15 is 0 Å². The standard InChI is InChI=1S/C16H14ClN3O4/c1-22-10-4-2-9(3-5-10)8-19-16(21)13-14(20-24-15(13)18)11-6-7-12(17)23-11/h2-7H,8,18H2,1H3,(H,19,21). The molecule has 7 nitrogen and oxygen atoms in total. The molecule has 0 radical (unpaired) electrons. The van der Waals surface area contributed by atoms with Gasteiger partial charge in [-0.1, -0.05) is 17.3 Å². The molecule has 0 aliphatic carbocycles. The molecule has 0 saturated heterocycles. The van der Waals surface area contributed by atoms with Gasteiger partial charge >= 0.3 is 0 Å². The summed E-state index contributed by atoms with van der Waals surface area (Å²) in [6.45, 7) is 0.311. The number of nitrogen functional groups attached to an aromatic ring is 1. The van der Waals surface area contributed by atoms with Crippen LogP contribution in [0.4, 0.5) is 5.88 Å². The summed E-state index contributed by atoms with van der Waals surface area (Å²) in [5.74, 6) is 0.525. The lowest BCUT2D eigenvalue weighted by atomic mass is 10.1. The molecule has 0 spiro atoms. The van der Waals surface area contributed by atoms with E-state index in [0.717, 1.165) is 11.3 Å². The number of methoxy groups -OCH3 is 1. The zero-order valence-electron chi connectivity index (χ0n) is 12.7. The molecule has 8 heteroatoms. The predicted molar refractivity (Wildman–Crippen MR) is 87.8 cm³/mol. The van der Waals surface area contributed by atoms with Crippen molar-refractivity contribution in [3.8, 4) is 17.2 Å². The SMILES string of the molecule is COc1ccc(CNC(=O)c2c(-c3ccc(Cl)o3)noc2N)cc1. The third kappa shape index (κ3) is 3.21. The molecule has 3 N–H and O–H groups in total. The fourth-order valence-electron chi connectivity index (χ4n) is 2.15. The Kier molecular flexibility index (Phi) is 4.43. The van der Waals surface area contributed by atoms with Gasteiger partial charge in [-0.05, 0) is 41.4 Å². The average Bonchev–Trinajstić information content (AvgIpc) is 3.18. The fourth-order valence-corrected chi connectivity index (χ4v) is 2.29. The van der Waals surface area contributed by atoms with Gasteiger partial charge in [0.1, 0.15) is 11.3 Å². The lowest BCUT2D eigenvalue weighted by molar-refractivity contribution is 0.0952. The number of ether oxygens (including phenoxy) is 1. The van der Waals surface area contributed by atoms with E-state index in [1.807, 2.05) is 24.3 Å². The van der Waals surface area contributed by atoms with Crippen molar-refractivity contribution in [2.75, 3.05) is 12.8 Å². The number of nitrogens with zero attached hydrogens (tertiary/aromatic N) is 1. The molecule has 0 unspecified atom stereocenters. The molecule has 2 aromatic heterocycles. The van der Waals surface area contributed by atoms with E-state index in [4.69, 9.17) is 31.0 Å². The Hall–Kier alpha value is -2.93. The second kappa shape index (κ2) is 6.67. The number of carbonyl (C=O) groups is 1. The summed E-state index contributed by atoms with van der Waals surface area (Å²) in [6.07, 6.45) is 0.